The Balaban J connectivity index is 1.14. The molecule has 0 atom stereocenters. The van der Waals surface area contributed by atoms with E-state index >= 15 is 0 Å². The molecule has 2 aliphatic heterocycles. The van der Waals surface area contributed by atoms with Gasteiger partial charge in [0.05, 0.1) is 0 Å². The minimum Gasteiger partial charge on any atom is -0.408 e. The summed E-state index contributed by atoms with van der Waals surface area (Å²) in [6.07, 6.45) is 1.41. The Bertz CT molecular complexity index is 3180. The Labute approximate surface area is 417 Å². The van der Waals surface area contributed by atoms with E-state index in [4.69, 9.17) is 27.1 Å². The van der Waals surface area contributed by atoms with E-state index in [-0.39, 0.29) is 23.7 Å². The Kier molecular flexibility index (Phi) is 13.1. The van der Waals surface area contributed by atoms with Gasteiger partial charge in [0.15, 0.2) is 0 Å². The van der Waals surface area contributed by atoms with Crippen molar-refractivity contribution in [1.29, 1.82) is 0 Å². The number of aryl methyl sites for hydroxylation is 4. The van der Waals surface area contributed by atoms with Crippen molar-refractivity contribution < 1.29 is 27.1 Å². The van der Waals surface area contributed by atoms with Crippen LogP contribution in [0.5, 0.6) is 34.5 Å². The van der Waals surface area contributed by atoms with Gasteiger partial charge in [-0.05, 0) is 141 Å². The lowest BCUT2D eigenvalue weighted by Gasteiger charge is -2.30. The third-order valence-corrected chi connectivity index (χ3v) is 16.3. The monoisotopic (exact) mass is 966 g/mol. The highest BCUT2D eigenvalue weighted by Crippen LogP contribution is 2.56. The summed E-state index contributed by atoms with van der Waals surface area (Å²) in [4.78, 5) is 0. The van der Waals surface area contributed by atoms with Gasteiger partial charge in [0.1, 0.15) is 34.5 Å². The summed E-state index contributed by atoms with van der Waals surface area (Å²) in [5.41, 5.74) is 15.8. The molecule has 0 N–H and O–H groups in total. The molecule has 8 heteroatoms. The van der Waals surface area contributed by atoms with Gasteiger partial charge in [-0.3, -0.25) is 0 Å². The fraction of sp³-hybridized carbons (Fsp3) is 0.290. The fourth-order valence-corrected chi connectivity index (χ4v) is 12.5. The van der Waals surface area contributed by atoms with E-state index in [1.807, 2.05) is 0 Å². The molecular formula is C62H64O6P2. The average Bonchev–Trinajstić information content (AvgIpc) is 3.30. The highest BCUT2D eigenvalue weighted by Gasteiger charge is 2.35. The highest BCUT2D eigenvalue weighted by atomic mass is 31.2. The topological polar surface area (TPSA) is 55.4 Å². The first-order valence-electron chi connectivity index (χ1n) is 24.9. The molecule has 2 aliphatic rings. The van der Waals surface area contributed by atoms with Gasteiger partial charge in [0.2, 0.25) is 0 Å². The van der Waals surface area contributed by atoms with Crippen molar-refractivity contribution in [3.63, 3.8) is 0 Å². The molecule has 0 spiro atoms. The molecule has 0 radical (unpaired) electrons. The lowest BCUT2D eigenvalue weighted by atomic mass is 9.89. The maximum absolute atomic E-state index is 7.32. The Morgan fingerprint density at radius 3 is 1.21 bits per heavy atom. The van der Waals surface area contributed by atoms with Crippen LogP contribution < -0.4 is 27.1 Å². The smallest absolute Gasteiger partial charge is 0.408 e. The van der Waals surface area contributed by atoms with E-state index in [2.05, 4.69) is 204 Å². The van der Waals surface area contributed by atoms with Gasteiger partial charge in [-0.15, -0.1) is 0 Å². The predicted octanol–water partition coefficient (Wildman–Crippen LogP) is 18.7. The van der Waals surface area contributed by atoms with Crippen molar-refractivity contribution in [1.82, 2.24) is 0 Å². The van der Waals surface area contributed by atoms with Crippen LogP contribution in [0.2, 0.25) is 0 Å². The fourth-order valence-electron chi connectivity index (χ4n) is 10.2. The van der Waals surface area contributed by atoms with E-state index in [1.165, 1.54) is 44.5 Å². The molecule has 6 nitrogen and oxygen atoms in total. The molecule has 70 heavy (non-hydrogen) atoms. The van der Waals surface area contributed by atoms with Crippen molar-refractivity contribution in [3.05, 3.63) is 188 Å². The number of rotatable bonds is 9. The zero-order valence-electron chi connectivity index (χ0n) is 42.6. The van der Waals surface area contributed by atoms with E-state index in [0.717, 1.165) is 77.9 Å². The predicted molar refractivity (Wildman–Crippen MR) is 291 cm³/mol. The van der Waals surface area contributed by atoms with Crippen molar-refractivity contribution in [3.8, 4) is 45.6 Å². The summed E-state index contributed by atoms with van der Waals surface area (Å²) in [5.74, 6) is 5.55. The van der Waals surface area contributed by atoms with Crippen molar-refractivity contribution in [2.75, 3.05) is 0 Å². The van der Waals surface area contributed by atoms with E-state index in [9.17, 15) is 0 Å². The van der Waals surface area contributed by atoms with Crippen LogP contribution in [0.15, 0.2) is 121 Å². The molecule has 8 aromatic carbocycles. The highest BCUT2D eigenvalue weighted by molar-refractivity contribution is 7.43. The standard InChI is InChI=1S/C62H64O6P2/c1-35(2)46-26-21-39(9)52-33-53-40(10)22-27-47(36(3)4)60(53)66-69(65-59(46)52)63-45-31-44-18-14-15-19-50(44)56(32-45)58-51-20-16-13-17-43(51)25-30-57(58)64-70-67-61-48(37(5)6)28-23-41(11)54(61)34-55-42(12)24-29-49(38(7)8)62(55)68-70/h13-32,35-38H,33-34H2,1-12H3. The molecule has 10 rings (SSSR count). The molecule has 0 aliphatic carbocycles. The van der Waals surface area contributed by atoms with Crippen molar-refractivity contribution >= 4 is 38.7 Å². The Hall–Kier alpha value is -6.06. The Morgan fingerprint density at radius 1 is 0.400 bits per heavy atom. The molecule has 0 aromatic heterocycles. The third-order valence-electron chi connectivity index (χ3n) is 14.3. The molecule has 0 bridgehead atoms. The van der Waals surface area contributed by atoms with Crippen molar-refractivity contribution in [2.24, 2.45) is 0 Å². The summed E-state index contributed by atoms with van der Waals surface area (Å²) < 4.78 is 43.1. The van der Waals surface area contributed by atoms with Gasteiger partial charge in [-0.25, -0.2) is 0 Å². The van der Waals surface area contributed by atoms with Gasteiger partial charge in [-0.1, -0.05) is 159 Å². The van der Waals surface area contributed by atoms with E-state index in [0.29, 0.717) is 24.3 Å². The summed E-state index contributed by atoms with van der Waals surface area (Å²) in [5, 5.41) is 4.17. The second kappa shape index (κ2) is 19.3. The molecule has 0 fully saturated rings. The molecule has 0 saturated heterocycles. The Morgan fingerprint density at radius 2 is 0.786 bits per heavy atom. The van der Waals surface area contributed by atoms with E-state index in [1.54, 1.807) is 0 Å². The van der Waals surface area contributed by atoms with Crippen LogP contribution in [-0.2, 0) is 12.8 Å². The first kappa shape index (κ1) is 47.6. The second-order valence-electron chi connectivity index (χ2n) is 20.4. The second-order valence-corrected chi connectivity index (χ2v) is 22.4. The van der Waals surface area contributed by atoms with Crippen LogP contribution in [0.1, 0.15) is 146 Å². The molecule has 358 valence electrons. The summed E-state index contributed by atoms with van der Waals surface area (Å²) in [7, 11) is -4.05. The third kappa shape index (κ3) is 8.88. The van der Waals surface area contributed by atoms with Crippen molar-refractivity contribution in [2.45, 2.75) is 120 Å². The quantitative estimate of drug-likeness (QED) is 0.134. The average molecular weight is 967 g/mol. The molecule has 0 amide bonds. The summed E-state index contributed by atoms with van der Waals surface area (Å²) in [6.45, 7) is 26.4. The van der Waals surface area contributed by atoms with E-state index < -0.39 is 17.2 Å². The maximum atomic E-state index is 7.32. The largest absolute Gasteiger partial charge is 0.530 e. The van der Waals surface area contributed by atoms with Gasteiger partial charge in [0.25, 0.3) is 0 Å². The van der Waals surface area contributed by atoms with Gasteiger partial charge < -0.3 is 27.1 Å². The zero-order chi connectivity index (χ0) is 49.1. The molecular weight excluding hydrogens is 903 g/mol. The van der Waals surface area contributed by atoms with Crippen LogP contribution in [0.25, 0.3) is 32.7 Å². The number of hydrogen-bond donors (Lipinski definition) is 0. The van der Waals surface area contributed by atoms with Crippen LogP contribution in [0.3, 0.4) is 0 Å². The number of hydrogen-bond acceptors (Lipinski definition) is 6. The van der Waals surface area contributed by atoms with Gasteiger partial charge >= 0.3 is 17.2 Å². The maximum Gasteiger partial charge on any atom is 0.530 e. The minimum absolute atomic E-state index is 0.218. The van der Waals surface area contributed by atoms with Gasteiger partial charge in [0, 0.05) is 40.7 Å². The first-order valence-corrected chi connectivity index (χ1v) is 27.1. The van der Waals surface area contributed by atoms with Gasteiger partial charge in [-0.2, -0.15) is 0 Å². The number of fused-ring (bicyclic) bond motifs is 6. The molecule has 0 unspecified atom stereocenters. The lowest BCUT2D eigenvalue weighted by molar-refractivity contribution is 0.376. The zero-order valence-corrected chi connectivity index (χ0v) is 44.4. The normalized spacial score (nSPS) is 13.9. The van der Waals surface area contributed by atoms with Crippen LogP contribution in [0.4, 0.5) is 0 Å². The first-order chi connectivity index (χ1) is 33.6. The van der Waals surface area contributed by atoms with Crippen LogP contribution >= 0.6 is 17.2 Å². The minimum atomic E-state index is -2.04. The molecule has 2 heterocycles. The molecule has 0 saturated carbocycles. The number of benzene rings is 8. The summed E-state index contributed by atoms with van der Waals surface area (Å²) in [6, 6.07) is 43.1. The summed E-state index contributed by atoms with van der Waals surface area (Å²) >= 11 is 0. The SMILES string of the molecule is Cc1ccc(C(C)C)c2c1Cc1c(C)ccc(C(C)C)c1OP(Oc1cc(-c3c(OP4Oc5c(C(C)C)ccc(C)c5Cc5c(C)ccc(C(C)C)c5O4)ccc4ccccc34)c3ccccc3c1)O2. The van der Waals surface area contributed by atoms with Crippen LogP contribution in [-0.4, -0.2) is 0 Å². The van der Waals surface area contributed by atoms with Crippen LogP contribution in [0, 0.1) is 27.7 Å². The lowest BCUT2D eigenvalue weighted by Crippen LogP contribution is -2.14. The molecule has 8 aromatic rings.